The lowest BCUT2D eigenvalue weighted by atomic mass is 9.67. The third-order valence-electron chi connectivity index (χ3n) is 7.89. The Morgan fingerprint density at radius 1 is 1.33 bits per heavy atom. The number of esters is 1. The fourth-order valence-corrected chi connectivity index (χ4v) is 5.83. The average Bonchev–Trinajstić information content (AvgIpc) is 3.52. The summed E-state index contributed by atoms with van der Waals surface area (Å²) in [6.45, 7) is 4.76. The molecule has 4 heterocycles. The fourth-order valence-electron chi connectivity index (χ4n) is 5.83. The molecule has 6 rings (SSSR count). The number of hydrogen-bond donors (Lipinski definition) is 2. The van der Waals surface area contributed by atoms with E-state index in [0.29, 0.717) is 24.6 Å². The predicted molar refractivity (Wildman–Crippen MR) is 121 cm³/mol. The molecule has 0 radical (unpaired) electrons. The van der Waals surface area contributed by atoms with Crippen LogP contribution in [0.4, 0.5) is 5.69 Å². The van der Waals surface area contributed by atoms with Gasteiger partial charge >= 0.3 is 5.97 Å². The van der Waals surface area contributed by atoms with Crippen LogP contribution in [0.15, 0.2) is 31.0 Å². The number of aliphatic hydroxyl groups excluding tert-OH is 1. The fraction of sp³-hybridized carbons (Fsp3) is 0.500. The standard InChI is InChI=1S/C24H28N6O3/c1-15-17(3-4-18-19(15)12-33-23(18)32)21(31)11-29-8-5-16(10-29)24(6-2-7-24)27-20-9-25-13-30-14-26-28-22(20)30/h3-4,9,13-14,16,21,27,31H,2,5-8,10-12H2,1H3/t16?,21-/m0/s1. The number of rotatable bonds is 6. The molecular weight excluding hydrogens is 420 g/mol. The zero-order valence-corrected chi connectivity index (χ0v) is 18.7. The molecule has 1 saturated heterocycles. The summed E-state index contributed by atoms with van der Waals surface area (Å²) >= 11 is 0. The van der Waals surface area contributed by atoms with Crippen LogP contribution in [-0.2, 0) is 11.3 Å². The molecule has 1 aliphatic carbocycles. The van der Waals surface area contributed by atoms with Crippen LogP contribution >= 0.6 is 0 Å². The first-order chi connectivity index (χ1) is 16.0. The minimum absolute atomic E-state index is 0.0381. The van der Waals surface area contributed by atoms with E-state index in [4.69, 9.17) is 4.74 Å². The van der Waals surface area contributed by atoms with Crippen LogP contribution in [0.1, 0.15) is 58.8 Å². The maximum absolute atomic E-state index is 11.8. The van der Waals surface area contributed by atoms with Gasteiger partial charge in [0.15, 0.2) is 5.65 Å². The lowest BCUT2D eigenvalue weighted by molar-refractivity contribution is 0.0535. The molecule has 1 saturated carbocycles. The predicted octanol–water partition coefficient (Wildman–Crippen LogP) is 2.49. The maximum atomic E-state index is 11.8. The van der Waals surface area contributed by atoms with Crippen LogP contribution < -0.4 is 5.32 Å². The Hall–Kier alpha value is -3.04. The molecule has 3 aromatic rings. The Labute approximate surface area is 191 Å². The number of anilines is 1. The summed E-state index contributed by atoms with van der Waals surface area (Å²) in [7, 11) is 0. The summed E-state index contributed by atoms with van der Waals surface area (Å²) in [5.41, 5.74) is 5.15. The maximum Gasteiger partial charge on any atom is 0.338 e. The number of likely N-dealkylation sites (tertiary alicyclic amines) is 1. The van der Waals surface area contributed by atoms with Crippen molar-refractivity contribution in [3.63, 3.8) is 0 Å². The van der Waals surface area contributed by atoms with E-state index >= 15 is 0 Å². The number of nitrogens with zero attached hydrogens (tertiary/aromatic N) is 5. The molecule has 172 valence electrons. The molecular formula is C24H28N6O3. The van der Waals surface area contributed by atoms with Crippen LogP contribution in [0.2, 0.25) is 0 Å². The number of fused-ring (bicyclic) bond motifs is 2. The van der Waals surface area contributed by atoms with Gasteiger partial charge in [0.25, 0.3) is 0 Å². The second-order valence-corrected chi connectivity index (χ2v) is 9.65. The van der Waals surface area contributed by atoms with Gasteiger partial charge in [-0.25, -0.2) is 9.78 Å². The van der Waals surface area contributed by atoms with Crippen molar-refractivity contribution in [3.05, 3.63) is 53.2 Å². The molecule has 0 amide bonds. The lowest BCUT2D eigenvalue weighted by Crippen LogP contribution is -2.52. The van der Waals surface area contributed by atoms with Gasteiger partial charge < -0.3 is 20.1 Å². The molecule has 2 aliphatic heterocycles. The Morgan fingerprint density at radius 3 is 3.03 bits per heavy atom. The van der Waals surface area contributed by atoms with Crippen molar-refractivity contribution in [2.24, 2.45) is 5.92 Å². The number of ether oxygens (including phenoxy) is 1. The highest BCUT2D eigenvalue weighted by molar-refractivity contribution is 5.93. The van der Waals surface area contributed by atoms with Gasteiger partial charge in [0.2, 0.25) is 0 Å². The van der Waals surface area contributed by atoms with E-state index in [1.54, 1.807) is 18.7 Å². The van der Waals surface area contributed by atoms with Gasteiger partial charge in [-0.2, -0.15) is 0 Å². The number of aromatic nitrogens is 4. The van der Waals surface area contributed by atoms with Gasteiger partial charge in [-0.1, -0.05) is 6.07 Å². The monoisotopic (exact) mass is 448 g/mol. The highest BCUT2D eigenvalue weighted by Gasteiger charge is 2.47. The van der Waals surface area contributed by atoms with Crippen molar-refractivity contribution in [3.8, 4) is 0 Å². The number of nitrogens with one attached hydrogen (secondary N) is 1. The van der Waals surface area contributed by atoms with E-state index in [0.717, 1.165) is 60.4 Å². The Bertz CT molecular complexity index is 1220. The van der Waals surface area contributed by atoms with E-state index < -0.39 is 6.10 Å². The Kier molecular flexibility index (Phi) is 4.84. The van der Waals surface area contributed by atoms with Crippen molar-refractivity contribution in [1.82, 2.24) is 24.5 Å². The molecule has 1 aromatic carbocycles. The van der Waals surface area contributed by atoms with Crippen LogP contribution in [0, 0.1) is 12.8 Å². The third-order valence-corrected chi connectivity index (χ3v) is 7.89. The summed E-state index contributed by atoms with van der Waals surface area (Å²) < 4.78 is 7.00. The smallest absolute Gasteiger partial charge is 0.338 e. The van der Waals surface area contributed by atoms with Gasteiger partial charge in [0.05, 0.1) is 23.6 Å². The summed E-state index contributed by atoms with van der Waals surface area (Å²) in [4.78, 5) is 18.5. The molecule has 2 N–H and O–H groups in total. The van der Waals surface area contributed by atoms with Gasteiger partial charge in [-0.05, 0) is 62.3 Å². The normalized spacial score (nSPS) is 22.7. The highest BCUT2D eigenvalue weighted by Crippen LogP contribution is 2.45. The number of carbonyl (C=O) groups excluding carboxylic acids is 1. The van der Waals surface area contributed by atoms with Crippen LogP contribution in [0.25, 0.3) is 5.65 Å². The van der Waals surface area contributed by atoms with Crippen LogP contribution in [0.3, 0.4) is 0 Å². The number of benzene rings is 1. The molecule has 0 bridgehead atoms. The topological polar surface area (TPSA) is 105 Å². The molecule has 2 aromatic heterocycles. The van der Waals surface area contributed by atoms with E-state index in [9.17, 15) is 9.90 Å². The van der Waals surface area contributed by atoms with E-state index in [1.807, 2.05) is 23.6 Å². The second kappa shape index (κ2) is 7.78. The number of carbonyl (C=O) groups is 1. The Balaban J connectivity index is 1.15. The van der Waals surface area contributed by atoms with Gasteiger partial charge in [0, 0.05) is 24.2 Å². The molecule has 3 aliphatic rings. The summed E-state index contributed by atoms with van der Waals surface area (Å²) in [5.74, 6) is 0.223. The molecule has 2 fully saturated rings. The Morgan fingerprint density at radius 2 is 2.21 bits per heavy atom. The number of hydrogen-bond acceptors (Lipinski definition) is 8. The van der Waals surface area contributed by atoms with E-state index in [2.05, 4.69) is 25.4 Å². The number of β-amino-alcohol motifs (C(OH)–C–C–N with tert-alkyl or cyclic N) is 1. The minimum Gasteiger partial charge on any atom is -0.457 e. The van der Waals surface area contributed by atoms with Crippen molar-refractivity contribution in [1.29, 1.82) is 0 Å². The first kappa shape index (κ1) is 20.6. The highest BCUT2D eigenvalue weighted by atomic mass is 16.5. The van der Waals surface area contributed by atoms with Crippen molar-refractivity contribution in [2.75, 3.05) is 25.0 Å². The SMILES string of the molecule is Cc1c([C@@H](O)CN2CCC(C3(Nc4cncn5cnnc45)CCC3)C2)ccc2c1COC2=O. The van der Waals surface area contributed by atoms with Crippen LogP contribution in [0.5, 0.6) is 0 Å². The first-order valence-corrected chi connectivity index (χ1v) is 11.7. The zero-order chi connectivity index (χ0) is 22.6. The average molecular weight is 449 g/mol. The summed E-state index contributed by atoms with van der Waals surface area (Å²) in [6.07, 6.45) is 9.19. The second-order valence-electron chi connectivity index (χ2n) is 9.65. The molecule has 0 spiro atoms. The van der Waals surface area contributed by atoms with Crippen molar-refractivity contribution < 1.29 is 14.6 Å². The zero-order valence-electron chi connectivity index (χ0n) is 18.7. The van der Waals surface area contributed by atoms with Gasteiger partial charge in [0.1, 0.15) is 19.3 Å². The number of aliphatic hydroxyl groups is 1. The van der Waals surface area contributed by atoms with E-state index in [-0.39, 0.29) is 11.5 Å². The third kappa shape index (κ3) is 3.38. The molecule has 9 heteroatoms. The quantitative estimate of drug-likeness (QED) is 0.554. The lowest BCUT2D eigenvalue weighted by Gasteiger charge is -2.48. The molecule has 9 nitrogen and oxygen atoms in total. The molecule has 33 heavy (non-hydrogen) atoms. The van der Waals surface area contributed by atoms with Gasteiger partial charge in [-0.3, -0.25) is 4.40 Å². The van der Waals surface area contributed by atoms with Crippen molar-refractivity contribution >= 4 is 17.3 Å². The number of cyclic esters (lactones) is 1. The molecule has 2 atom stereocenters. The minimum atomic E-state index is -0.594. The largest absolute Gasteiger partial charge is 0.457 e. The van der Waals surface area contributed by atoms with Crippen molar-refractivity contribution in [2.45, 2.75) is 50.9 Å². The van der Waals surface area contributed by atoms with E-state index in [1.165, 1.54) is 6.42 Å². The van der Waals surface area contributed by atoms with Gasteiger partial charge in [-0.15, -0.1) is 10.2 Å². The summed E-state index contributed by atoms with van der Waals surface area (Å²) in [6, 6.07) is 3.66. The molecule has 1 unspecified atom stereocenters. The first-order valence-electron chi connectivity index (χ1n) is 11.7. The van der Waals surface area contributed by atoms with Crippen LogP contribution in [-0.4, -0.2) is 60.7 Å². The summed E-state index contributed by atoms with van der Waals surface area (Å²) in [5, 5.41) is 23.1.